The van der Waals surface area contributed by atoms with Crippen LogP contribution in [0.15, 0.2) is 24.3 Å². The van der Waals surface area contributed by atoms with Crippen LogP contribution >= 0.6 is 0 Å². The van der Waals surface area contributed by atoms with Crippen LogP contribution in [-0.2, 0) is 5.41 Å². The van der Waals surface area contributed by atoms with Crippen LogP contribution in [0.5, 0.6) is 0 Å². The monoisotopic (exact) mass is 220 g/mol. The Balaban J connectivity index is 2.77. The lowest BCUT2D eigenvalue weighted by Gasteiger charge is -2.27. The Kier molecular flexibility index (Phi) is 3.93. The van der Waals surface area contributed by atoms with Crippen LogP contribution in [0.25, 0.3) is 0 Å². The molecule has 0 aliphatic rings. The van der Waals surface area contributed by atoms with E-state index in [1.807, 2.05) is 12.1 Å². The van der Waals surface area contributed by atoms with Crippen molar-refractivity contribution in [3.8, 4) is 0 Å². The molecule has 2 amide bonds. The molecule has 0 radical (unpaired) electrons. The van der Waals surface area contributed by atoms with Gasteiger partial charge in [-0.15, -0.1) is 0 Å². The van der Waals surface area contributed by atoms with Crippen molar-refractivity contribution in [1.82, 2.24) is 10.6 Å². The molecule has 16 heavy (non-hydrogen) atoms. The second-order valence-corrected chi connectivity index (χ2v) is 4.63. The van der Waals surface area contributed by atoms with E-state index in [9.17, 15) is 4.79 Å². The Morgan fingerprint density at radius 3 is 2.50 bits per heavy atom. The summed E-state index contributed by atoms with van der Waals surface area (Å²) in [5.74, 6) is 0. The smallest absolute Gasteiger partial charge is 0.314 e. The molecule has 2 N–H and O–H groups in total. The lowest BCUT2D eigenvalue weighted by atomic mass is 9.82. The first-order valence-electron chi connectivity index (χ1n) is 5.49. The standard InChI is InChI=1S/C13H20N2O/c1-10-7-5-6-8-11(10)13(2,3)9-15-12(16)14-4/h5-8H,9H2,1-4H3,(H2,14,15,16). The van der Waals surface area contributed by atoms with E-state index < -0.39 is 0 Å². The molecule has 1 aromatic rings. The number of hydrogen-bond acceptors (Lipinski definition) is 1. The molecule has 0 aliphatic carbocycles. The topological polar surface area (TPSA) is 41.1 Å². The lowest BCUT2D eigenvalue weighted by molar-refractivity contribution is 0.240. The molecular formula is C13H20N2O. The summed E-state index contributed by atoms with van der Waals surface area (Å²) >= 11 is 0. The Morgan fingerprint density at radius 2 is 1.94 bits per heavy atom. The molecule has 88 valence electrons. The average Bonchev–Trinajstić information content (AvgIpc) is 2.26. The van der Waals surface area contributed by atoms with Gasteiger partial charge in [0.25, 0.3) is 0 Å². The Bertz CT molecular complexity index is 372. The number of rotatable bonds is 3. The number of urea groups is 1. The number of aryl methyl sites for hydroxylation is 1. The fourth-order valence-corrected chi connectivity index (χ4v) is 1.82. The summed E-state index contributed by atoms with van der Waals surface area (Å²) in [4.78, 5) is 11.2. The van der Waals surface area contributed by atoms with Crippen LogP contribution in [0, 0.1) is 6.92 Å². The van der Waals surface area contributed by atoms with Crippen LogP contribution < -0.4 is 10.6 Å². The second kappa shape index (κ2) is 5.01. The summed E-state index contributed by atoms with van der Waals surface area (Å²) in [5, 5.41) is 5.40. The van der Waals surface area contributed by atoms with Gasteiger partial charge in [0.2, 0.25) is 0 Å². The largest absolute Gasteiger partial charge is 0.341 e. The van der Waals surface area contributed by atoms with Crippen LogP contribution in [0.2, 0.25) is 0 Å². The van der Waals surface area contributed by atoms with Crippen LogP contribution in [0.3, 0.4) is 0 Å². The number of hydrogen-bond donors (Lipinski definition) is 2. The molecule has 0 aliphatic heterocycles. The SMILES string of the molecule is CNC(=O)NCC(C)(C)c1ccccc1C. The highest BCUT2D eigenvalue weighted by molar-refractivity contribution is 5.73. The van der Waals surface area contributed by atoms with Gasteiger partial charge in [0.05, 0.1) is 0 Å². The third-order valence-electron chi connectivity index (χ3n) is 2.79. The van der Waals surface area contributed by atoms with Gasteiger partial charge < -0.3 is 10.6 Å². The zero-order valence-electron chi connectivity index (χ0n) is 10.4. The summed E-state index contributed by atoms with van der Waals surface area (Å²) in [6, 6.07) is 8.13. The molecule has 0 saturated carbocycles. The molecule has 3 heteroatoms. The maximum atomic E-state index is 11.2. The van der Waals surface area contributed by atoms with Crippen molar-refractivity contribution in [3.05, 3.63) is 35.4 Å². The van der Waals surface area contributed by atoms with Gasteiger partial charge in [0.1, 0.15) is 0 Å². The van der Waals surface area contributed by atoms with Crippen molar-refractivity contribution < 1.29 is 4.79 Å². The van der Waals surface area contributed by atoms with Crippen molar-refractivity contribution in [2.24, 2.45) is 0 Å². The minimum absolute atomic E-state index is 0.0577. The average molecular weight is 220 g/mol. The van der Waals surface area contributed by atoms with E-state index in [-0.39, 0.29) is 11.4 Å². The summed E-state index contributed by atoms with van der Waals surface area (Å²) in [5.41, 5.74) is 2.47. The van der Waals surface area contributed by atoms with Crippen molar-refractivity contribution in [2.75, 3.05) is 13.6 Å². The summed E-state index contributed by atoms with van der Waals surface area (Å²) in [6.45, 7) is 6.98. The van der Waals surface area contributed by atoms with Gasteiger partial charge in [-0.2, -0.15) is 0 Å². The Labute approximate surface area is 97.2 Å². The summed E-state index contributed by atoms with van der Waals surface area (Å²) in [7, 11) is 1.62. The number of carbonyl (C=O) groups is 1. The fourth-order valence-electron chi connectivity index (χ4n) is 1.82. The molecule has 0 heterocycles. The van der Waals surface area contributed by atoms with E-state index in [2.05, 4.69) is 43.5 Å². The van der Waals surface area contributed by atoms with Crippen molar-refractivity contribution in [2.45, 2.75) is 26.2 Å². The quantitative estimate of drug-likeness (QED) is 0.805. The highest BCUT2D eigenvalue weighted by Gasteiger charge is 2.22. The van der Waals surface area contributed by atoms with Crippen LogP contribution in [0.1, 0.15) is 25.0 Å². The van der Waals surface area contributed by atoms with E-state index in [4.69, 9.17) is 0 Å². The van der Waals surface area contributed by atoms with E-state index in [0.29, 0.717) is 6.54 Å². The first-order valence-corrected chi connectivity index (χ1v) is 5.49. The summed E-state index contributed by atoms with van der Waals surface area (Å²) < 4.78 is 0. The second-order valence-electron chi connectivity index (χ2n) is 4.63. The molecule has 3 nitrogen and oxygen atoms in total. The molecule has 0 saturated heterocycles. The maximum absolute atomic E-state index is 11.2. The number of nitrogens with one attached hydrogen (secondary N) is 2. The molecule has 0 atom stereocenters. The van der Waals surface area contributed by atoms with Gasteiger partial charge in [0, 0.05) is 19.0 Å². The van der Waals surface area contributed by atoms with Crippen LogP contribution in [-0.4, -0.2) is 19.6 Å². The third-order valence-corrected chi connectivity index (χ3v) is 2.79. The van der Waals surface area contributed by atoms with Crippen LogP contribution in [0.4, 0.5) is 4.79 Å². The minimum Gasteiger partial charge on any atom is -0.341 e. The van der Waals surface area contributed by atoms with Gasteiger partial charge in [-0.1, -0.05) is 38.1 Å². The molecule has 1 rings (SSSR count). The predicted molar refractivity (Wildman–Crippen MR) is 66.7 cm³/mol. The first kappa shape index (κ1) is 12.6. The highest BCUT2D eigenvalue weighted by atomic mass is 16.2. The van der Waals surface area contributed by atoms with E-state index in [0.717, 1.165) is 0 Å². The maximum Gasteiger partial charge on any atom is 0.314 e. The lowest BCUT2D eigenvalue weighted by Crippen LogP contribution is -2.41. The Morgan fingerprint density at radius 1 is 1.31 bits per heavy atom. The zero-order valence-corrected chi connectivity index (χ0v) is 10.4. The number of carbonyl (C=O) groups excluding carboxylic acids is 1. The normalized spacial score (nSPS) is 11.0. The molecule has 0 fully saturated rings. The van der Waals surface area contributed by atoms with Crippen molar-refractivity contribution >= 4 is 6.03 Å². The summed E-state index contributed by atoms with van der Waals surface area (Å²) in [6.07, 6.45) is 0. The minimum atomic E-state index is -0.137. The van der Waals surface area contributed by atoms with Crippen molar-refractivity contribution in [3.63, 3.8) is 0 Å². The predicted octanol–water partition coefficient (Wildman–Crippen LogP) is 2.20. The van der Waals surface area contributed by atoms with E-state index >= 15 is 0 Å². The first-order chi connectivity index (χ1) is 7.47. The molecule has 0 spiro atoms. The molecule has 1 aromatic carbocycles. The number of amides is 2. The van der Waals surface area contributed by atoms with Gasteiger partial charge in [-0.3, -0.25) is 0 Å². The van der Waals surface area contributed by atoms with Crippen molar-refractivity contribution in [1.29, 1.82) is 0 Å². The molecule has 0 bridgehead atoms. The van der Waals surface area contributed by atoms with Gasteiger partial charge in [-0.25, -0.2) is 4.79 Å². The van der Waals surface area contributed by atoms with E-state index in [1.54, 1.807) is 7.05 Å². The third kappa shape index (κ3) is 2.99. The molecule has 0 unspecified atom stereocenters. The Hall–Kier alpha value is -1.51. The van der Waals surface area contributed by atoms with E-state index in [1.165, 1.54) is 11.1 Å². The molecule has 0 aromatic heterocycles. The van der Waals surface area contributed by atoms with Gasteiger partial charge in [0.15, 0.2) is 0 Å². The zero-order chi connectivity index (χ0) is 12.2. The number of benzene rings is 1. The molecular weight excluding hydrogens is 200 g/mol. The highest BCUT2D eigenvalue weighted by Crippen LogP contribution is 2.25. The fraction of sp³-hybridized carbons (Fsp3) is 0.462. The van der Waals surface area contributed by atoms with Gasteiger partial charge in [-0.05, 0) is 18.1 Å². The van der Waals surface area contributed by atoms with Gasteiger partial charge >= 0.3 is 6.03 Å².